The summed E-state index contributed by atoms with van der Waals surface area (Å²) in [5.74, 6) is -0.581. The maximum atomic E-state index is 12.7. The first-order valence-corrected chi connectivity index (χ1v) is 7.78. The number of hydrogen-bond acceptors (Lipinski definition) is 3. The number of carbonyl (C=O) groups excluding carboxylic acids is 1. The molecule has 1 aliphatic carbocycles. The molecule has 0 spiro atoms. The van der Waals surface area contributed by atoms with Gasteiger partial charge in [-0.15, -0.1) is 0 Å². The zero-order valence-electron chi connectivity index (χ0n) is 12.0. The number of fused-ring (bicyclic) bond motifs is 1. The molecule has 2 heterocycles. The third kappa shape index (κ3) is 2.32. The molecule has 0 aromatic heterocycles. The lowest BCUT2D eigenvalue weighted by Crippen LogP contribution is -2.50. The zero-order chi connectivity index (χ0) is 14.3. The predicted molar refractivity (Wildman–Crippen MR) is 72.2 cm³/mol. The van der Waals surface area contributed by atoms with Crippen molar-refractivity contribution in [3.05, 3.63) is 0 Å². The highest BCUT2D eigenvalue weighted by Gasteiger charge is 2.49. The number of aliphatic carboxylic acids is 1. The van der Waals surface area contributed by atoms with Gasteiger partial charge in [0.15, 0.2) is 0 Å². The molecule has 0 radical (unpaired) electrons. The van der Waals surface area contributed by atoms with Crippen LogP contribution in [0.4, 0.5) is 0 Å². The third-order valence-electron chi connectivity index (χ3n) is 5.13. The summed E-state index contributed by atoms with van der Waals surface area (Å²) in [6, 6.07) is -0.521. The first kappa shape index (κ1) is 13.9. The lowest BCUT2D eigenvalue weighted by atomic mass is 9.84. The molecule has 0 aromatic rings. The van der Waals surface area contributed by atoms with E-state index >= 15 is 0 Å². The molecule has 5 heteroatoms. The number of carbonyl (C=O) groups is 2. The molecule has 0 bridgehead atoms. The molecule has 5 nitrogen and oxygen atoms in total. The van der Waals surface area contributed by atoms with Crippen molar-refractivity contribution >= 4 is 11.9 Å². The topological polar surface area (TPSA) is 66.8 Å². The van der Waals surface area contributed by atoms with Crippen molar-refractivity contribution < 1.29 is 19.4 Å². The maximum absolute atomic E-state index is 12.7. The quantitative estimate of drug-likeness (QED) is 0.838. The average Bonchev–Trinajstić information content (AvgIpc) is 3.01. The smallest absolute Gasteiger partial charge is 0.326 e. The lowest BCUT2D eigenvalue weighted by Gasteiger charge is -2.34. The summed E-state index contributed by atoms with van der Waals surface area (Å²) in [4.78, 5) is 25.9. The largest absolute Gasteiger partial charge is 0.480 e. The number of hydrogen-bond donors (Lipinski definition) is 1. The first-order chi connectivity index (χ1) is 9.58. The van der Waals surface area contributed by atoms with Crippen LogP contribution in [-0.4, -0.2) is 46.2 Å². The van der Waals surface area contributed by atoms with Crippen LogP contribution >= 0.6 is 0 Å². The van der Waals surface area contributed by atoms with Crippen molar-refractivity contribution in [3.63, 3.8) is 0 Å². The molecule has 1 amide bonds. The highest BCUT2D eigenvalue weighted by Crippen LogP contribution is 2.41. The molecule has 2 aliphatic heterocycles. The lowest BCUT2D eigenvalue weighted by molar-refractivity contribution is -0.155. The normalized spacial score (nSPS) is 40.6. The Bertz CT molecular complexity index is 411. The van der Waals surface area contributed by atoms with E-state index in [-0.39, 0.29) is 18.1 Å². The zero-order valence-corrected chi connectivity index (χ0v) is 12.0. The van der Waals surface area contributed by atoms with Crippen molar-refractivity contribution in [1.29, 1.82) is 0 Å². The van der Waals surface area contributed by atoms with Gasteiger partial charge >= 0.3 is 5.97 Å². The van der Waals surface area contributed by atoms with Gasteiger partial charge in [0.25, 0.3) is 5.91 Å². The number of carboxylic acids is 1. The van der Waals surface area contributed by atoms with Crippen molar-refractivity contribution in [2.45, 2.75) is 76.2 Å². The van der Waals surface area contributed by atoms with Gasteiger partial charge in [-0.3, -0.25) is 4.79 Å². The maximum Gasteiger partial charge on any atom is 0.326 e. The van der Waals surface area contributed by atoms with Gasteiger partial charge in [-0.2, -0.15) is 0 Å². The highest BCUT2D eigenvalue weighted by molar-refractivity contribution is 5.87. The molecular formula is C15H23NO4. The van der Waals surface area contributed by atoms with E-state index in [0.29, 0.717) is 12.3 Å². The molecule has 5 atom stereocenters. The summed E-state index contributed by atoms with van der Waals surface area (Å²) in [6.45, 7) is 1.97. The van der Waals surface area contributed by atoms with Crippen LogP contribution in [0.5, 0.6) is 0 Å². The van der Waals surface area contributed by atoms with Crippen LogP contribution < -0.4 is 0 Å². The number of nitrogens with zero attached hydrogens (tertiary/aromatic N) is 1. The van der Waals surface area contributed by atoms with Crippen LogP contribution in [0.25, 0.3) is 0 Å². The van der Waals surface area contributed by atoms with Gasteiger partial charge in [-0.05, 0) is 44.9 Å². The third-order valence-corrected chi connectivity index (χ3v) is 5.13. The fourth-order valence-electron chi connectivity index (χ4n) is 4.15. The molecule has 1 saturated carbocycles. The second-order valence-corrected chi connectivity index (χ2v) is 6.46. The molecule has 3 fully saturated rings. The van der Waals surface area contributed by atoms with E-state index in [1.54, 1.807) is 4.90 Å². The number of likely N-dealkylation sites (tertiary alicyclic amines) is 1. The van der Waals surface area contributed by atoms with Gasteiger partial charge in [0.1, 0.15) is 12.1 Å². The summed E-state index contributed by atoms with van der Waals surface area (Å²) in [7, 11) is 0. The molecule has 3 unspecified atom stereocenters. The summed E-state index contributed by atoms with van der Waals surface area (Å²) in [5, 5.41) is 9.44. The van der Waals surface area contributed by atoms with Gasteiger partial charge < -0.3 is 14.7 Å². The Balaban J connectivity index is 1.80. The fraction of sp³-hybridized carbons (Fsp3) is 0.867. The molecule has 3 aliphatic rings. The molecule has 112 valence electrons. The Hall–Kier alpha value is -1.10. The summed E-state index contributed by atoms with van der Waals surface area (Å²) in [6.07, 6.45) is 6.17. The minimum Gasteiger partial charge on any atom is -0.480 e. The standard InChI is InChI=1S/C15H23NO4/c1-9-6-7-13(20-9)14(17)16-11-5-3-2-4-10(11)8-12(16)15(18)19/h9-13H,2-8H2,1H3,(H,18,19)/t9-,10?,11?,12?,13-/m1/s1. The average molecular weight is 281 g/mol. The summed E-state index contributed by atoms with van der Waals surface area (Å²) < 4.78 is 5.66. The molecular weight excluding hydrogens is 258 g/mol. The van der Waals surface area contributed by atoms with Gasteiger partial charge in [-0.1, -0.05) is 12.8 Å². The van der Waals surface area contributed by atoms with E-state index in [1.165, 1.54) is 0 Å². The molecule has 0 aromatic carbocycles. The minimum atomic E-state index is -0.862. The second kappa shape index (κ2) is 5.35. The Morgan fingerprint density at radius 2 is 1.90 bits per heavy atom. The van der Waals surface area contributed by atoms with E-state index in [0.717, 1.165) is 38.5 Å². The summed E-state index contributed by atoms with van der Waals surface area (Å²) >= 11 is 0. The molecule has 1 N–H and O–H groups in total. The minimum absolute atomic E-state index is 0.0869. The fourth-order valence-corrected chi connectivity index (χ4v) is 4.15. The van der Waals surface area contributed by atoms with Gasteiger partial charge in [0.2, 0.25) is 0 Å². The molecule has 2 saturated heterocycles. The number of amides is 1. The highest BCUT2D eigenvalue weighted by atomic mass is 16.5. The molecule has 20 heavy (non-hydrogen) atoms. The van der Waals surface area contributed by atoms with Gasteiger partial charge in [0, 0.05) is 6.04 Å². The van der Waals surface area contributed by atoms with Crippen LogP contribution in [0.15, 0.2) is 0 Å². The van der Waals surface area contributed by atoms with Gasteiger partial charge in [-0.25, -0.2) is 4.79 Å². The van der Waals surface area contributed by atoms with Crippen molar-refractivity contribution in [2.24, 2.45) is 5.92 Å². The van der Waals surface area contributed by atoms with E-state index in [9.17, 15) is 14.7 Å². The van der Waals surface area contributed by atoms with Gasteiger partial charge in [0.05, 0.1) is 6.10 Å². The van der Waals surface area contributed by atoms with Crippen molar-refractivity contribution in [1.82, 2.24) is 4.90 Å². The first-order valence-electron chi connectivity index (χ1n) is 7.78. The van der Waals surface area contributed by atoms with E-state index in [1.807, 2.05) is 6.92 Å². The Morgan fingerprint density at radius 1 is 1.15 bits per heavy atom. The predicted octanol–water partition coefficient (Wildman–Crippen LogP) is 1.80. The van der Waals surface area contributed by atoms with Crippen LogP contribution in [0.2, 0.25) is 0 Å². The number of rotatable bonds is 2. The van der Waals surface area contributed by atoms with Crippen molar-refractivity contribution in [2.75, 3.05) is 0 Å². The Kier molecular flexibility index (Phi) is 3.71. The second-order valence-electron chi connectivity index (χ2n) is 6.46. The summed E-state index contributed by atoms with van der Waals surface area (Å²) in [5.41, 5.74) is 0. The Morgan fingerprint density at radius 3 is 2.55 bits per heavy atom. The Labute approximate surface area is 119 Å². The van der Waals surface area contributed by atoms with Crippen LogP contribution in [-0.2, 0) is 14.3 Å². The number of carboxylic acid groups (broad SMARTS) is 1. The van der Waals surface area contributed by atoms with Crippen molar-refractivity contribution in [3.8, 4) is 0 Å². The van der Waals surface area contributed by atoms with E-state index < -0.39 is 18.1 Å². The molecule has 3 rings (SSSR count). The monoisotopic (exact) mass is 281 g/mol. The van der Waals surface area contributed by atoms with E-state index in [2.05, 4.69) is 0 Å². The van der Waals surface area contributed by atoms with E-state index in [4.69, 9.17) is 4.74 Å². The number of ether oxygens (including phenoxy) is 1. The SMILES string of the molecule is C[C@@H]1CC[C@H](C(=O)N2C(C(=O)O)CC3CCCCC32)O1. The van der Waals surface area contributed by atoms with Crippen LogP contribution in [0.1, 0.15) is 51.9 Å². The van der Waals surface area contributed by atoms with Crippen LogP contribution in [0, 0.1) is 5.92 Å². The van der Waals surface area contributed by atoms with Crippen LogP contribution in [0.3, 0.4) is 0 Å².